The standard InChI is InChI=1S/C18H20BrNO5S/c1-13-4-2-3-5-16(13)24-11-18(21)20(10-15-6-7-17(19)25-15)14-8-9-26(22,23)12-14/h2-7,14H,8-12H2,1H3/t14-/m0/s1. The number of carbonyl (C=O) groups is 1. The van der Waals surface area contributed by atoms with Gasteiger partial charge in [0.15, 0.2) is 21.1 Å². The Morgan fingerprint density at radius 3 is 2.69 bits per heavy atom. The molecule has 0 saturated carbocycles. The number of hydrogen-bond donors (Lipinski definition) is 0. The molecule has 1 aromatic heterocycles. The minimum Gasteiger partial charge on any atom is -0.484 e. The minimum atomic E-state index is -3.11. The molecule has 3 rings (SSSR count). The maximum absolute atomic E-state index is 12.8. The lowest BCUT2D eigenvalue weighted by Gasteiger charge is -2.27. The van der Waals surface area contributed by atoms with Crippen LogP contribution in [0.3, 0.4) is 0 Å². The minimum absolute atomic E-state index is 0.0228. The van der Waals surface area contributed by atoms with Gasteiger partial charge in [0.2, 0.25) is 0 Å². The van der Waals surface area contributed by atoms with Gasteiger partial charge < -0.3 is 14.1 Å². The van der Waals surface area contributed by atoms with E-state index in [1.54, 1.807) is 23.1 Å². The molecule has 0 bridgehead atoms. The highest BCUT2D eigenvalue weighted by molar-refractivity contribution is 9.10. The third kappa shape index (κ3) is 4.67. The van der Waals surface area contributed by atoms with Crippen LogP contribution >= 0.6 is 15.9 Å². The fourth-order valence-corrected chi connectivity index (χ4v) is 5.06. The maximum Gasteiger partial charge on any atom is 0.261 e. The van der Waals surface area contributed by atoms with Gasteiger partial charge >= 0.3 is 0 Å². The predicted octanol–water partition coefficient (Wildman–Crippen LogP) is 2.95. The fraction of sp³-hybridized carbons (Fsp3) is 0.389. The van der Waals surface area contributed by atoms with Crippen LogP contribution in [-0.2, 0) is 21.2 Å². The van der Waals surface area contributed by atoms with Gasteiger partial charge in [-0.3, -0.25) is 4.79 Å². The second-order valence-electron chi connectivity index (χ2n) is 6.34. The third-order valence-electron chi connectivity index (χ3n) is 4.37. The van der Waals surface area contributed by atoms with Gasteiger partial charge in [0.25, 0.3) is 5.91 Å². The first-order valence-electron chi connectivity index (χ1n) is 8.26. The van der Waals surface area contributed by atoms with E-state index in [1.807, 2.05) is 25.1 Å². The highest BCUT2D eigenvalue weighted by Gasteiger charge is 2.35. The molecule has 1 amide bonds. The number of sulfone groups is 1. The second-order valence-corrected chi connectivity index (χ2v) is 9.35. The van der Waals surface area contributed by atoms with Gasteiger partial charge in [-0.1, -0.05) is 18.2 Å². The van der Waals surface area contributed by atoms with E-state index in [2.05, 4.69) is 15.9 Å². The number of furan rings is 1. The van der Waals surface area contributed by atoms with E-state index in [-0.39, 0.29) is 36.6 Å². The van der Waals surface area contributed by atoms with Gasteiger partial charge in [-0.2, -0.15) is 0 Å². The SMILES string of the molecule is Cc1ccccc1OCC(=O)N(Cc1ccc(Br)o1)[C@H]1CCS(=O)(=O)C1. The Hall–Kier alpha value is -1.80. The molecule has 0 radical (unpaired) electrons. The molecule has 0 aliphatic carbocycles. The molecule has 6 nitrogen and oxygen atoms in total. The Morgan fingerprint density at radius 1 is 1.31 bits per heavy atom. The number of nitrogens with zero attached hydrogens (tertiary/aromatic N) is 1. The lowest BCUT2D eigenvalue weighted by molar-refractivity contribution is -0.136. The number of halogens is 1. The molecular weight excluding hydrogens is 422 g/mol. The van der Waals surface area contributed by atoms with Crippen molar-refractivity contribution in [2.45, 2.75) is 25.9 Å². The van der Waals surface area contributed by atoms with Crippen molar-refractivity contribution in [3.8, 4) is 5.75 Å². The van der Waals surface area contributed by atoms with Crippen LogP contribution < -0.4 is 4.74 Å². The first-order chi connectivity index (χ1) is 12.3. The van der Waals surface area contributed by atoms with E-state index in [0.29, 0.717) is 22.6 Å². The molecule has 2 aromatic rings. The van der Waals surface area contributed by atoms with Crippen LogP contribution in [0.25, 0.3) is 0 Å². The monoisotopic (exact) mass is 441 g/mol. The Kier molecular flexibility index (Phi) is 5.72. The van der Waals surface area contributed by atoms with Gasteiger partial charge in [-0.25, -0.2) is 8.42 Å². The number of ether oxygens (including phenoxy) is 1. The molecule has 1 aliphatic rings. The van der Waals surface area contributed by atoms with Crippen molar-refractivity contribution in [2.75, 3.05) is 18.1 Å². The third-order valence-corrected chi connectivity index (χ3v) is 6.55. The molecule has 1 saturated heterocycles. The van der Waals surface area contributed by atoms with E-state index in [9.17, 15) is 13.2 Å². The number of rotatable bonds is 6. The summed E-state index contributed by atoms with van der Waals surface area (Å²) in [5, 5.41) is 0. The Morgan fingerprint density at radius 2 is 2.08 bits per heavy atom. The van der Waals surface area contributed by atoms with Crippen molar-refractivity contribution < 1.29 is 22.4 Å². The average molecular weight is 442 g/mol. The molecular formula is C18H20BrNO5S. The molecule has 0 N–H and O–H groups in total. The van der Waals surface area contributed by atoms with Crippen LogP contribution in [0.15, 0.2) is 45.5 Å². The van der Waals surface area contributed by atoms with E-state index < -0.39 is 9.84 Å². The lowest BCUT2D eigenvalue weighted by Crippen LogP contribution is -2.43. The second kappa shape index (κ2) is 7.84. The molecule has 0 unspecified atom stereocenters. The van der Waals surface area contributed by atoms with Crippen LogP contribution in [0.2, 0.25) is 0 Å². The Labute approximate surface area is 161 Å². The van der Waals surface area contributed by atoms with Gasteiger partial charge in [-0.15, -0.1) is 0 Å². The maximum atomic E-state index is 12.8. The normalized spacial score (nSPS) is 18.6. The average Bonchev–Trinajstić information content (AvgIpc) is 3.16. The van der Waals surface area contributed by atoms with Crippen LogP contribution in [0, 0.1) is 6.92 Å². The molecule has 1 atom stereocenters. The number of para-hydroxylation sites is 1. The van der Waals surface area contributed by atoms with Gasteiger partial charge in [0.05, 0.1) is 18.1 Å². The molecule has 1 aliphatic heterocycles. The summed E-state index contributed by atoms with van der Waals surface area (Å²) >= 11 is 3.24. The van der Waals surface area contributed by atoms with Crippen LogP contribution in [-0.4, -0.2) is 43.4 Å². The highest BCUT2D eigenvalue weighted by atomic mass is 79.9. The van der Waals surface area contributed by atoms with Crippen LogP contribution in [0.1, 0.15) is 17.7 Å². The first kappa shape index (κ1) is 19.0. The van der Waals surface area contributed by atoms with Crippen molar-refractivity contribution >= 4 is 31.7 Å². The zero-order valence-corrected chi connectivity index (χ0v) is 16.8. The summed E-state index contributed by atoms with van der Waals surface area (Å²) in [4.78, 5) is 14.3. The van der Waals surface area contributed by atoms with E-state index in [1.165, 1.54) is 0 Å². The lowest BCUT2D eigenvalue weighted by atomic mass is 10.2. The zero-order chi connectivity index (χ0) is 18.7. The van der Waals surface area contributed by atoms with E-state index >= 15 is 0 Å². The largest absolute Gasteiger partial charge is 0.484 e. The van der Waals surface area contributed by atoms with Crippen molar-refractivity contribution in [3.63, 3.8) is 0 Å². The summed E-state index contributed by atoms with van der Waals surface area (Å²) in [6, 6.07) is 10.6. The number of hydrogen-bond acceptors (Lipinski definition) is 5. The topological polar surface area (TPSA) is 76.8 Å². The van der Waals surface area contributed by atoms with E-state index in [0.717, 1.165) is 5.56 Å². The summed E-state index contributed by atoms with van der Waals surface area (Å²) in [6.45, 7) is 1.96. The molecule has 0 spiro atoms. The fourth-order valence-electron chi connectivity index (χ4n) is 2.99. The summed E-state index contributed by atoms with van der Waals surface area (Å²) in [5.74, 6) is 1.04. The number of aryl methyl sites for hydroxylation is 1. The molecule has 2 heterocycles. The zero-order valence-electron chi connectivity index (χ0n) is 14.4. The Balaban J connectivity index is 1.73. The number of amides is 1. The van der Waals surface area contributed by atoms with Crippen molar-refractivity contribution in [2.24, 2.45) is 0 Å². The van der Waals surface area contributed by atoms with Gasteiger partial charge in [0.1, 0.15) is 11.5 Å². The summed E-state index contributed by atoms with van der Waals surface area (Å²) in [5.41, 5.74) is 0.935. The molecule has 8 heteroatoms. The van der Waals surface area contributed by atoms with Crippen molar-refractivity contribution in [3.05, 3.63) is 52.4 Å². The highest BCUT2D eigenvalue weighted by Crippen LogP contribution is 2.23. The van der Waals surface area contributed by atoms with E-state index in [4.69, 9.17) is 9.15 Å². The molecule has 1 aromatic carbocycles. The molecule has 26 heavy (non-hydrogen) atoms. The van der Waals surface area contributed by atoms with Crippen molar-refractivity contribution in [1.29, 1.82) is 0 Å². The summed E-state index contributed by atoms with van der Waals surface area (Å²) in [7, 11) is -3.11. The predicted molar refractivity (Wildman–Crippen MR) is 101 cm³/mol. The van der Waals surface area contributed by atoms with Gasteiger partial charge in [0, 0.05) is 6.04 Å². The first-order valence-corrected chi connectivity index (χ1v) is 10.9. The molecule has 1 fully saturated rings. The summed E-state index contributed by atoms with van der Waals surface area (Å²) < 4.78 is 35.4. The van der Waals surface area contributed by atoms with Crippen LogP contribution in [0.5, 0.6) is 5.75 Å². The summed E-state index contributed by atoms with van der Waals surface area (Å²) in [6.07, 6.45) is 0.431. The van der Waals surface area contributed by atoms with Crippen LogP contribution in [0.4, 0.5) is 0 Å². The molecule has 140 valence electrons. The number of carbonyl (C=O) groups excluding carboxylic acids is 1. The smallest absolute Gasteiger partial charge is 0.261 e. The quantitative estimate of drug-likeness (QED) is 0.688. The number of benzene rings is 1. The van der Waals surface area contributed by atoms with Gasteiger partial charge in [-0.05, 0) is 53.0 Å². The Bertz CT molecular complexity index is 892. The van der Waals surface area contributed by atoms with Crippen molar-refractivity contribution in [1.82, 2.24) is 4.90 Å².